The van der Waals surface area contributed by atoms with Crippen molar-refractivity contribution in [2.24, 2.45) is 10.9 Å². The molecular weight excluding hydrogens is 244 g/mol. The maximum atomic E-state index is 9.17. The van der Waals surface area contributed by atoms with Crippen LogP contribution in [0.3, 0.4) is 0 Å². The number of aliphatic hydroxyl groups is 1. The minimum Gasteiger partial charge on any atom is -0.409 e. The second-order valence-corrected chi connectivity index (χ2v) is 4.72. The Morgan fingerprint density at radius 3 is 3.11 bits per heavy atom. The molecule has 1 aromatic rings. The third kappa shape index (κ3) is 2.96. The summed E-state index contributed by atoms with van der Waals surface area (Å²) in [5.74, 6) is 0.798. The first kappa shape index (κ1) is 13.6. The van der Waals surface area contributed by atoms with E-state index in [-0.39, 0.29) is 18.5 Å². The lowest BCUT2D eigenvalue weighted by atomic mass is 9.99. The smallest absolute Gasteiger partial charge is 0.173 e. The van der Waals surface area contributed by atoms with Crippen molar-refractivity contribution in [1.82, 2.24) is 4.98 Å². The van der Waals surface area contributed by atoms with Crippen LogP contribution in [-0.4, -0.2) is 40.3 Å². The number of amidine groups is 1. The van der Waals surface area contributed by atoms with Gasteiger partial charge in [-0.25, -0.2) is 4.98 Å². The van der Waals surface area contributed by atoms with E-state index >= 15 is 0 Å². The van der Waals surface area contributed by atoms with Crippen LogP contribution in [0.5, 0.6) is 0 Å². The number of nitrogens with two attached hydrogens (primary N) is 1. The van der Waals surface area contributed by atoms with Crippen molar-refractivity contribution in [2.75, 3.05) is 18.1 Å². The van der Waals surface area contributed by atoms with Crippen LogP contribution in [0, 0.1) is 0 Å². The number of hydrogen-bond acceptors (Lipinski definition) is 5. The van der Waals surface area contributed by atoms with Crippen LogP contribution in [0.15, 0.2) is 23.5 Å². The molecule has 1 saturated heterocycles. The normalized spacial score (nSPS) is 20.6. The molecule has 0 bridgehead atoms. The van der Waals surface area contributed by atoms with E-state index in [2.05, 4.69) is 15.0 Å². The first-order valence-electron chi connectivity index (χ1n) is 6.58. The molecule has 1 unspecified atom stereocenters. The summed E-state index contributed by atoms with van der Waals surface area (Å²) in [7, 11) is 0. The number of hydrogen-bond donors (Lipinski definition) is 3. The standard InChI is InChI=1S/C13H20N4O2/c14-12(16-19)11-5-3-7-15-13(11)17-8-2-1-4-10(17)6-9-18/h3,5,7,10,18-19H,1-2,4,6,8-9H2,(H2,14,16). The zero-order valence-electron chi connectivity index (χ0n) is 10.9. The van der Waals surface area contributed by atoms with Gasteiger partial charge in [-0.1, -0.05) is 5.16 Å². The summed E-state index contributed by atoms with van der Waals surface area (Å²) in [5, 5.41) is 21.1. The maximum absolute atomic E-state index is 9.17. The van der Waals surface area contributed by atoms with Crippen molar-refractivity contribution in [3.63, 3.8) is 0 Å². The van der Waals surface area contributed by atoms with Crippen LogP contribution in [0.2, 0.25) is 0 Å². The van der Waals surface area contributed by atoms with Crippen molar-refractivity contribution in [3.8, 4) is 0 Å². The summed E-state index contributed by atoms with van der Waals surface area (Å²) in [6.45, 7) is 1.04. The zero-order valence-corrected chi connectivity index (χ0v) is 10.9. The Bertz CT molecular complexity index is 448. The number of aromatic nitrogens is 1. The monoisotopic (exact) mass is 264 g/mol. The molecule has 1 aliphatic heterocycles. The first-order chi connectivity index (χ1) is 9.27. The van der Waals surface area contributed by atoms with Gasteiger partial charge in [0.05, 0.1) is 5.56 Å². The molecule has 0 saturated carbocycles. The minimum atomic E-state index is 0.0661. The van der Waals surface area contributed by atoms with Crippen molar-refractivity contribution < 1.29 is 10.3 Å². The van der Waals surface area contributed by atoms with E-state index in [1.54, 1.807) is 18.3 Å². The SMILES string of the molecule is NC(=NO)c1cccnc1N1CCCCC1CCO. The number of piperidine rings is 1. The molecule has 0 aromatic carbocycles. The number of pyridine rings is 1. The molecule has 2 rings (SSSR count). The number of aliphatic hydroxyl groups excluding tert-OH is 1. The van der Waals surface area contributed by atoms with Gasteiger partial charge >= 0.3 is 0 Å². The Hall–Kier alpha value is -1.82. The van der Waals surface area contributed by atoms with E-state index in [1.807, 2.05) is 0 Å². The molecule has 1 aliphatic rings. The topological polar surface area (TPSA) is 95.0 Å². The van der Waals surface area contributed by atoms with Crippen LogP contribution in [0.1, 0.15) is 31.2 Å². The summed E-state index contributed by atoms with van der Waals surface area (Å²) < 4.78 is 0. The van der Waals surface area contributed by atoms with Gasteiger partial charge in [0, 0.05) is 25.4 Å². The third-order valence-electron chi connectivity index (χ3n) is 3.53. The fourth-order valence-corrected chi connectivity index (χ4v) is 2.61. The summed E-state index contributed by atoms with van der Waals surface area (Å²) in [6, 6.07) is 3.82. The second-order valence-electron chi connectivity index (χ2n) is 4.72. The van der Waals surface area contributed by atoms with E-state index in [9.17, 15) is 5.11 Å². The number of anilines is 1. The quantitative estimate of drug-likeness (QED) is 0.325. The van der Waals surface area contributed by atoms with Crippen molar-refractivity contribution in [1.29, 1.82) is 0 Å². The van der Waals surface area contributed by atoms with Gasteiger partial charge in [-0.2, -0.15) is 0 Å². The molecule has 0 amide bonds. The number of oxime groups is 1. The summed E-state index contributed by atoms with van der Waals surface area (Å²) in [6.07, 6.45) is 5.70. The fraction of sp³-hybridized carbons (Fsp3) is 0.538. The van der Waals surface area contributed by atoms with E-state index < -0.39 is 0 Å². The van der Waals surface area contributed by atoms with Crippen molar-refractivity contribution in [3.05, 3.63) is 23.9 Å². The molecule has 0 spiro atoms. The lowest BCUT2D eigenvalue weighted by molar-refractivity contribution is 0.262. The highest BCUT2D eigenvalue weighted by Gasteiger charge is 2.25. The molecule has 0 radical (unpaired) electrons. The van der Waals surface area contributed by atoms with E-state index in [4.69, 9.17) is 10.9 Å². The molecule has 2 heterocycles. The Kier molecular flexibility index (Phi) is 4.57. The predicted molar refractivity (Wildman–Crippen MR) is 73.4 cm³/mol. The molecule has 6 nitrogen and oxygen atoms in total. The number of rotatable bonds is 4. The van der Waals surface area contributed by atoms with Gasteiger partial charge in [0.1, 0.15) is 5.82 Å². The highest BCUT2D eigenvalue weighted by molar-refractivity contribution is 6.01. The van der Waals surface area contributed by atoms with Gasteiger partial charge < -0.3 is 20.9 Å². The van der Waals surface area contributed by atoms with Crippen molar-refractivity contribution in [2.45, 2.75) is 31.7 Å². The van der Waals surface area contributed by atoms with E-state index in [0.29, 0.717) is 12.0 Å². The Morgan fingerprint density at radius 1 is 1.53 bits per heavy atom. The molecule has 19 heavy (non-hydrogen) atoms. The van der Waals surface area contributed by atoms with Gasteiger partial charge in [-0.15, -0.1) is 0 Å². The fourth-order valence-electron chi connectivity index (χ4n) is 2.61. The third-order valence-corrected chi connectivity index (χ3v) is 3.53. The Balaban J connectivity index is 2.33. The lowest BCUT2D eigenvalue weighted by Crippen LogP contribution is -2.41. The van der Waals surface area contributed by atoms with Gasteiger partial charge in [-0.05, 0) is 37.8 Å². The molecular formula is C13H20N4O2. The molecule has 1 atom stereocenters. The Labute approximate surface area is 112 Å². The first-order valence-corrected chi connectivity index (χ1v) is 6.58. The average molecular weight is 264 g/mol. The van der Waals surface area contributed by atoms with Crippen LogP contribution in [-0.2, 0) is 0 Å². The minimum absolute atomic E-state index is 0.0661. The summed E-state index contributed by atoms with van der Waals surface area (Å²) in [4.78, 5) is 6.54. The van der Waals surface area contributed by atoms with Crippen LogP contribution >= 0.6 is 0 Å². The summed E-state index contributed by atoms with van der Waals surface area (Å²) in [5.41, 5.74) is 6.34. The second kappa shape index (κ2) is 6.38. The van der Waals surface area contributed by atoms with E-state index in [1.165, 1.54) is 0 Å². The van der Waals surface area contributed by atoms with Crippen molar-refractivity contribution >= 4 is 11.7 Å². The molecule has 1 fully saturated rings. The molecule has 4 N–H and O–H groups in total. The predicted octanol–water partition coefficient (Wildman–Crippen LogP) is 0.917. The molecule has 0 aliphatic carbocycles. The molecule has 104 valence electrons. The zero-order chi connectivity index (χ0) is 13.7. The van der Waals surface area contributed by atoms with Gasteiger partial charge in [0.25, 0.3) is 0 Å². The molecule has 6 heteroatoms. The number of nitrogens with zero attached hydrogens (tertiary/aromatic N) is 3. The largest absolute Gasteiger partial charge is 0.409 e. The van der Waals surface area contributed by atoms with Gasteiger partial charge in [-0.3, -0.25) is 0 Å². The highest BCUT2D eigenvalue weighted by Crippen LogP contribution is 2.27. The van der Waals surface area contributed by atoms with Gasteiger partial charge in [0.15, 0.2) is 5.84 Å². The van der Waals surface area contributed by atoms with Gasteiger partial charge in [0.2, 0.25) is 0 Å². The Morgan fingerprint density at radius 2 is 2.37 bits per heavy atom. The van der Waals surface area contributed by atoms with Crippen LogP contribution < -0.4 is 10.6 Å². The lowest BCUT2D eigenvalue weighted by Gasteiger charge is -2.37. The summed E-state index contributed by atoms with van der Waals surface area (Å²) >= 11 is 0. The van der Waals surface area contributed by atoms with E-state index in [0.717, 1.165) is 31.6 Å². The van der Waals surface area contributed by atoms with Crippen LogP contribution in [0.4, 0.5) is 5.82 Å². The average Bonchev–Trinajstić information content (AvgIpc) is 2.47. The van der Waals surface area contributed by atoms with Crippen LogP contribution in [0.25, 0.3) is 0 Å². The highest BCUT2D eigenvalue weighted by atomic mass is 16.4. The maximum Gasteiger partial charge on any atom is 0.173 e. The molecule has 1 aromatic heterocycles.